The highest BCUT2D eigenvalue weighted by molar-refractivity contribution is 5.75. The van der Waals surface area contributed by atoms with Gasteiger partial charge in [0.25, 0.3) is 0 Å². The van der Waals surface area contributed by atoms with Crippen LogP contribution in [0.2, 0.25) is 0 Å². The minimum Gasteiger partial charge on any atom is -0.457 e. The summed E-state index contributed by atoms with van der Waals surface area (Å²) in [6.45, 7) is 0. The summed E-state index contributed by atoms with van der Waals surface area (Å²) in [5.41, 5.74) is 4.03. The van der Waals surface area contributed by atoms with E-state index in [1.165, 1.54) is 0 Å². The van der Waals surface area contributed by atoms with Gasteiger partial charge in [-0.1, -0.05) is 65.9 Å². The Kier molecular flexibility index (Phi) is 3.13. The van der Waals surface area contributed by atoms with Crippen LogP contribution >= 0.6 is 0 Å². The molecule has 0 fully saturated rings. The molecule has 25 heavy (non-hydrogen) atoms. The molecule has 0 saturated carbocycles. The Balaban J connectivity index is 1.72. The number of fused-ring (bicyclic) bond motifs is 2. The molecule has 3 aromatic carbocycles. The molecule has 4 nitrogen and oxygen atoms in total. The molecular formula is C21H15N3O. The average Bonchev–Trinajstić information content (AvgIpc) is 3.12. The largest absolute Gasteiger partial charge is 0.457 e. The van der Waals surface area contributed by atoms with Crippen LogP contribution in [0.3, 0.4) is 0 Å². The molecule has 1 atom stereocenters. The van der Waals surface area contributed by atoms with Gasteiger partial charge in [0.15, 0.2) is 0 Å². The molecule has 1 unspecified atom stereocenters. The summed E-state index contributed by atoms with van der Waals surface area (Å²) in [6.07, 6.45) is 2.11. The predicted molar refractivity (Wildman–Crippen MR) is 97.2 cm³/mol. The normalized spacial score (nSPS) is 16.2. The van der Waals surface area contributed by atoms with E-state index in [-0.39, 0.29) is 6.04 Å². The Morgan fingerprint density at radius 2 is 1.56 bits per heavy atom. The molecular weight excluding hydrogens is 310 g/mol. The first-order valence-corrected chi connectivity index (χ1v) is 8.24. The van der Waals surface area contributed by atoms with E-state index < -0.39 is 0 Å². The lowest BCUT2D eigenvalue weighted by atomic mass is 10.00. The second-order valence-corrected chi connectivity index (χ2v) is 6.00. The first kappa shape index (κ1) is 14.0. The van der Waals surface area contributed by atoms with Crippen molar-refractivity contribution in [3.8, 4) is 5.75 Å². The van der Waals surface area contributed by atoms with Crippen LogP contribution < -0.4 is 4.74 Å². The zero-order valence-corrected chi connectivity index (χ0v) is 13.4. The zero-order chi connectivity index (χ0) is 16.6. The molecule has 0 saturated heterocycles. The Morgan fingerprint density at radius 3 is 2.48 bits per heavy atom. The fraction of sp³-hybridized carbons (Fsp3) is 0.0476. The van der Waals surface area contributed by atoms with E-state index in [9.17, 15) is 0 Å². The fourth-order valence-electron chi connectivity index (χ4n) is 3.26. The maximum Gasteiger partial charge on any atom is 0.133 e. The Labute approximate surface area is 145 Å². The van der Waals surface area contributed by atoms with Crippen LogP contribution in [-0.4, -0.2) is 15.0 Å². The van der Waals surface area contributed by atoms with Gasteiger partial charge in [-0.05, 0) is 24.3 Å². The number of allylic oxidation sites excluding steroid dienone is 1. The van der Waals surface area contributed by atoms with Crippen LogP contribution in [0.1, 0.15) is 17.2 Å². The average molecular weight is 325 g/mol. The molecule has 2 heterocycles. The Hall–Kier alpha value is -3.40. The smallest absolute Gasteiger partial charge is 0.133 e. The number of aromatic nitrogens is 3. The lowest BCUT2D eigenvalue weighted by molar-refractivity contribution is 0.465. The lowest BCUT2D eigenvalue weighted by Gasteiger charge is -2.25. The molecule has 0 radical (unpaired) electrons. The van der Waals surface area contributed by atoms with E-state index in [2.05, 4.69) is 34.6 Å². The third-order valence-corrected chi connectivity index (χ3v) is 4.47. The fourth-order valence-corrected chi connectivity index (χ4v) is 3.26. The summed E-state index contributed by atoms with van der Waals surface area (Å²) in [4.78, 5) is 0. The van der Waals surface area contributed by atoms with Gasteiger partial charge in [0.2, 0.25) is 0 Å². The van der Waals surface area contributed by atoms with Crippen LogP contribution in [0.15, 0.2) is 84.9 Å². The van der Waals surface area contributed by atoms with E-state index in [1.807, 2.05) is 65.3 Å². The maximum absolute atomic E-state index is 6.16. The van der Waals surface area contributed by atoms with E-state index in [1.54, 1.807) is 0 Å². The number of benzene rings is 3. The highest BCUT2D eigenvalue weighted by atomic mass is 16.5. The number of ether oxygens (including phenoxy) is 1. The molecule has 0 bridgehead atoms. The van der Waals surface area contributed by atoms with Crippen molar-refractivity contribution in [1.29, 1.82) is 0 Å². The molecule has 120 valence electrons. The van der Waals surface area contributed by atoms with Crippen molar-refractivity contribution in [3.05, 3.63) is 96.1 Å². The number of rotatable bonds is 2. The lowest BCUT2D eigenvalue weighted by Crippen LogP contribution is -2.16. The zero-order valence-electron chi connectivity index (χ0n) is 13.4. The van der Waals surface area contributed by atoms with Crippen LogP contribution in [-0.2, 0) is 0 Å². The van der Waals surface area contributed by atoms with Crippen LogP contribution in [0, 0.1) is 0 Å². The predicted octanol–water partition coefficient (Wildman–Crippen LogP) is 4.45. The SMILES string of the molecule is C1=C(c2ccccc2)Oc2ccccc2C1n1nnc2ccccc21. The number of hydrogen-bond acceptors (Lipinski definition) is 3. The molecule has 1 aliphatic heterocycles. The molecule has 5 rings (SSSR count). The van der Waals surface area contributed by atoms with Crippen molar-refractivity contribution >= 4 is 16.8 Å². The number of nitrogens with zero attached hydrogens (tertiary/aromatic N) is 3. The molecule has 0 amide bonds. The monoisotopic (exact) mass is 325 g/mol. The second kappa shape index (κ2) is 5.60. The Bertz CT molecular complexity index is 1080. The van der Waals surface area contributed by atoms with Crippen molar-refractivity contribution in [2.24, 2.45) is 0 Å². The van der Waals surface area contributed by atoms with Gasteiger partial charge in [-0.15, -0.1) is 5.10 Å². The van der Waals surface area contributed by atoms with Crippen molar-refractivity contribution in [3.63, 3.8) is 0 Å². The molecule has 0 N–H and O–H groups in total. The summed E-state index contributed by atoms with van der Waals surface area (Å²) in [7, 11) is 0. The van der Waals surface area contributed by atoms with Crippen molar-refractivity contribution in [2.75, 3.05) is 0 Å². The van der Waals surface area contributed by atoms with E-state index >= 15 is 0 Å². The highest BCUT2D eigenvalue weighted by Gasteiger charge is 2.25. The van der Waals surface area contributed by atoms with Crippen molar-refractivity contribution < 1.29 is 4.74 Å². The Morgan fingerprint density at radius 1 is 0.800 bits per heavy atom. The standard InChI is InChI=1S/C21H15N3O/c1-2-8-15(9-3-1)21-14-19(16-10-4-7-13-20(16)25-21)24-18-12-6-5-11-17(18)22-23-24/h1-14,19H. The third kappa shape index (κ3) is 2.31. The minimum atomic E-state index is -0.0624. The first-order valence-electron chi connectivity index (χ1n) is 8.24. The van der Waals surface area contributed by atoms with E-state index in [0.29, 0.717) is 0 Å². The summed E-state index contributed by atoms with van der Waals surface area (Å²) >= 11 is 0. The van der Waals surface area contributed by atoms with Gasteiger partial charge in [0, 0.05) is 11.1 Å². The molecule has 0 spiro atoms. The van der Waals surface area contributed by atoms with E-state index in [0.717, 1.165) is 33.7 Å². The van der Waals surface area contributed by atoms with Crippen LogP contribution in [0.25, 0.3) is 16.8 Å². The molecule has 1 aromatic heterocycles. The van der Waals surface area contributed by atoms with E-state index in [4.69, 9.17) is 4.74 Å². The summed E-state index contributed by atoms with van der Waals surface area (Å²) in [5.74, 6) is 1.69. The first-order chi connectivity index (χ1) is 12.4. The summed E-state index contributed by atoms with van der Waals surface area (Å²) < 4.78 is 8.12. The van der Waals surface area contributed by atoms with Crippen molar-refractivity contribution in [1.82, 2.24) is 15.0 Å². The maximum atomic E-state index is 6.16. The van der Waals surface area contributed by atoms with Gasteiger partial charge in [0.1, 0.15) is 23.1 Å². The number of hydrogen-bond donors (Lipinski definition) is 0. The molecule has 1 aliphatic rings. The van der Waals surface area contributed by atoms with Gasteiger partial charge in [-0.25, -0.2) is 4.68 Å². The van der Waals surface area contributed by atoms with Crippen LogP contribution in [0.4, 0.5) is 0 Å². The summed E-state index contributed by atoms with van der Waals surface area (Å²) in [6, 6.07) is 26.2. The number of para-hydroxylation sites is 2. The molecule has 4 aromatic rings. The molecule has 4 heteroatoms. The van der Waals surface area contributed by atoms with Gasteiger partial charge in [0.05, 0.1) is 5.52 Å². The molecule has 0 aliphatic carbocycles. The van der Waals surface area contributed by atoms with Crippen molar-refractivity contribution in [2.45, 2.75) is 6.04 Å². The van der Waals surface area contributed by atoms with Gasteiger partial charge >= 0.3 is 0 Å². The van der Waals surface area contributed by atoms with Gasteiger partial charge < -0.3 is 4.74 Å². The van der Waals surface area contributed by atoms with Gasteiger partial charge in [-0.3, -0.25) is 0 Å². The highest BCUT2D eigenvalue weighted by Crippen LogP contribution is 2.38. The van der Waals surface area contributed by atoms with Crippen LogP contribution in [0.5, 0.6) is 5.75 Å². The van der Waals surface area contributed by atoms with Gasteiger partial charge in [-0.2, -0.15) is 0 Å². The quantitative estimate of drug-likeness (QED) is 0.546. The third-order valence-electron chi connectivity index (χ3n) is 4.47. The topological polar surface area (TPSA) is 39.9 Å². The summed E-state index contributed by atoms with van der Waals surface area (Å²) in [5, 5.41) is 8.72. The minimum absolute atomic E-state index is 0.0624. The second-order valence-electron chi connectivity index (χ2n) is 6.00.